The van der Waals surface area contributed by atoms with Crippen molar-refractivity contribution in [2.45, 2.75) is 31.2 Å². The predicted molar refractivity (Wildman–Crippen MR) is 141 cm³/mol. The first-order valence-electron chi connectivity index (χ1n) is 12.7. The second-order valence-electron chi connectivity index (χ2n) is 9.60. The van der Waals surface area contributed by atoms with Crippen LogP contribution in [-0.4, -0.2) is 29.5 Å². The van der Waals surface area contributed by atoms with Gasteiger partial charge in [0.1, 0.15) is 29.9 Å². The number of benzene rings is 4. The number of amides is 1. The van der Waals surface area contributed by atoms with Gasteiger partial charge in [-0.25, -0.2) is 22.4 Å². The van der Waals surface area contributed by atoms with Crippen molar-refractivity contribution >= 4 is 11.9 Å². The Balaban J connectivity index is 2.02. The number of ether oxygens (including phenoxy) is 1. The second-order valence-corrected chi connectivity index (χ2v) is 9.60. The Kier molecular flexibility index (Phi) is 9.26. The van der Waals surface area contributed by atoms with E-state index in [1.165, 1.54) is 0 Å². The molecule has 0 aromatic heterocycles. The molecular formula is C31H21F8NO4. The highest BCUT2D eigenvalue weighted by molar-refractivity contribution is 5.95. The number of halogens is 8. The van der Waals surface area contributed by atoms with Crippen LogP contribution in [0.25, 0.3) is 0 Å². The van der Waals surface area contributed by atoms with Crippen LogP contribution in [0.4, 0.5) is 35.1 Å². The number of carbonyl (C=O) groups excluding carboxylic acids is 1. The minimum Gasteiger partial charge on any atom is -0.478 e. The first kappa shape index (κ1) is 32.0. The van der Waals surface area contributed by atoms with E-state index in [9.17, 15) is 45.4 Å². The van der Waals surface area contributed by atoms with Gasteiger partial charge in [0.15, 0.2) is 0 Å². The molecule has 5 nitrogen and oxygen atoms in total. The third-order valence-electron chi connectivity index (χ3n) is 6.65. The number of carboxylic acids is 1. The average Bonchev–Trinajstić information content (AvgIpc) is 2.97. The number of nitrogens with one attached hydrogen (secondary N) is 1. The number of rotatable bonds is 11. The molecule has 0 bridgehead atoms. The van der Waals surface area contributed by atoms with E-state index in [0.29, 0.717) is 11.6 Å². The average molecular weight is 623 g/mol. The molecule has 1 amide bonds. The maximum atomic E-state index is 15.0. The second kappa shape index (κ2) is 12.7. The molecule has 13 heteroatoms. The van der Waals surface area contributed by atoms with Gasteiger partial charge < -0.3 is 15.2 Å². The minimum atomic E-state index is -5.06. The number of carboxylic acid groups (broad SMARTS) is 1. The maximum Gasteiger partial charge on any atom is 0.461 e. The Morgan fingerprint density at radius 3 is 2.16 bits per heavy atom. The van der Waals surface area contributed by atoms with Crippen LogP contribution in [0.15, 0.2) is 84.9 Å². The molecule has 0 heterocycles. The zero-order chi connectivity index (χ0) is 32.2. The lowest BCUT2D eigenvalue weighted by Crippen LogP contribution is -2.49. The standard InChI is InChI=1S/C31H21F8NO4/c32-16-19-10-18(6-8-25(19)34)27(41)40-30(15-17-4-2-1-3-5-17,20-7-9-26(35)24(13-20)28(42)43)21-11-22(33)14-23(12-21)44-31(38,39)29(36)37/h1-14,29H,15-16H2,(H,40,41)(H,42,43)/t30-/m1/s1. The quantitative estimate of drug-likeness (QED) is 0.171. The molecule has 0 aliphatic rings. The van der Waals surface area contributed by atoms with E-state index in [-0.39, 0.29) is 17.5 Å². The van der Waals surface area contributed by atoms with Crippen molar-refractivity contribution in [1.82, 2.24) is 5.32 Å². The van der Waals surface area contributed by atoms with Crippen LogP contribution in [0.1, 0.15) is 43.0 Å². The Bertz CT molecular complexity index is 1680. The van der Waals surface area contributed by atoms with Gasteiger partial charge in [-0.3, -0.25) is 4.79 Å². The molecule has 2 N–H and O–H groups in total. The molecule has 0 saturated carbocycles. The summed E-state index contributed by atoms with van der Waals surface area (Å²) in [6.45, 7) is -1.29. The fourth-order valence-corrected chi connectivity index (χ4v) is 4.57. The van der Waals surface area contributed by atoms with E-state index in [1.54, 1.807) is 30.3 Å². The van der Waals surface area contributed by atoms with E-state index in [0.717, 1.165) is 48.5 Å². The van der Waals surface area contributed by atoms with Gasteiger partial charge in [-0.2, -0.15) is 17.6 Å². The van der Waals surface area contributed by atoms with Gasteiger partial charge in [-0.05, 0) is 59.2 Å². The molecule has 4 aromatic rings. The van der Waals surface area contributed by atoms with Gasteiger partial charge in [-0.15, -0.1) is 0 Å². The fourth-order valence-electron chi connectivity index (χ4n) is 4.57. The highest BCUT2D eigenvalue weighted by Crippen LogP contribution is 2.39. The van der Waals surface area contributed by atoms with E-state index >= 15 is 4.39 Å². The molecule has 0 radical (unpaired) electrons. The summed E-state index contributed by atoms with van der Waals surface area (Å²) >= 11 is 0. The fraction of sp³-hybridized carbons (Fsp3) is 0.161. The predicted octanol–water partition coefficient (Wildman–Crippen LogP) is 7.42. The van der Waals surface area contributed by atoms with Crippen molar-refractivity contribution in [3.63, 3.8) is 0 Å². The molecule has 0 aliphatic carbocycles. The third kappa shape index (κ3) is 6.82. The highest BCUT2D eigenvalue weighted by atomic mass is 19.3. The Morgan fingerprint density at radius 2 is 1.52 bits per heavy atom. The van der Waals surface area contributed by atoms with Crippen LogP contribution >= 0.6 is 0 Å². The molecule has 0 saturated heterocycles. The lowest BCUT2D eigenvalue weighted by molar-refractivity contribution is -0.253. The summed E-state index contributed by atoms with van der Waals surface area (Å²) in [5.74, 6) is -7.30. The zero-order valence-corrected chi connectivity index (χ0v) is 22.3. The number of aromatic carboxylic acids is 1. The molecule has 0 fully saturated rings. The van der Waals surface area contributed by atoms with E-state index in [1.807, 2.05) is 0 Å². The molecule has 1 atom stereocenters. The number of carbonyl (C=O) groups is 2. The van der Waals surface area contributed by atoms with Crippen molar-refractivity contribution in [3.05, 3.63) is 136 Å². The Hall–Kier alpha value is -4.94. The largest absolute Gasteiger partial charge is 0.478 e. The van der Waals surface area contributed by atoms with Crippen molar-refractivity contribution in [2.75, 3.05) is 0 Å². The first-order chi connectivity index (χ1) is 20.8. The topological polar surface area (TPSA) is 75.6 Å². The van der Waals surface area contributed by atoms with Gasteiger partial charge in [0.2, 0.25) is 0 Å². The summed E-state index contributed by atoms with van der Waals surface area (Å²) in [6, 6.07) is 15.0. The van der Waals surface area contributed by atoms with E-state index < -0.39 is 76.5 Å². The number of alkyl halides is 5. The van der Waals surface area contributed by atoms with Gasteiger partial charge >= 0.3 is 18.5 Å². The van der Waals surface area contributed by atoms with Gasteiger partial charge in [0, 0.05) is 23.6 Å². The summed E-state index contributed by atoms with van der Waals surface area (Å²) < 4.78 is 115. The van der Waals surface area contributed by atoms with Crippen LogP contribution < -0.4 is 10.1 Å². The molecule has 0 spiro atoms. The van der Waals surface area contributed by atoms with Gasteiger partial charge in [0.25, 0.3) is 5.91 Å². The van der Waals surface area contributed by atoms with Crippen LogP contribution in [0.2, 0.25) is 0 Å². The molecule has 0 unspecified atom stereocenters. The molecule has 44 heavy (non-hydrogen) atoms. The molecular weight excluding hydrogens is 602 g/mol. The van der Waals surface area contributed by atoms with Crippen molar-refractivity contribution < 1.29 is 54.6 Å². The zero-order valence-electron chi connectivity index (χ0n) is 22.3. The Labute approximate surface area is 244 Å². The summed E-state index contributed by atoms with van der Waals surface area (Å²) in [4.78, 5) is 25.5. The normalized spacial score (nSPS) is 12.9. The van der Waals surface area contributed by atoms with E-state index in [4.69, 9.17) is 0 Å². The molecule has 0 aliphatic heterocycles. The summed E-state index contributed by atoms with van der Waals surface area (Å²) in [7, 11) is 0. The monoisotopic (exact) mass is 623 g/mol. The van der Waals surface area contributed by atoms with Crippen LogP contribution in [-0.2, 0) is 18.6 Å². The van der Waals surface area contributed by atoms with Gasteiger partial charge in [0.05, 0.1) is 11.1 Å². The van der Waals surface area contributed by atoms with Crippen LogP contribution in [0.5, 0.6) is 5.75 Å². The summed E-state index contributed by atoms with van der Waals surface area (Å²) in [6.07, 6.45) is -9.74. The SMILES string of the molecule is O=C(N[C@@](Cc1ccccc1)(c1cc(F)cc(OC(F)(F)C(F)F)c1)c1ccc(F)c(C(=O)O)c1)c1ccc(F)c(CF)c1. The van der Waals surface area contributed by atoms with Crippen LogP contribution in [0.3, 0.4) is 0 Å². The molecule has 4 rings (SSSR count). The third-order valence-corrected chi connectivity index (χ3v) is 6.65. The summed E-state index contributed by atoms with van der Waals surface area (Å²) in [5, 5.41) is 12.2. The number of hydrogen-bond acceptors (Lipinski definition) is 3. The van der Waals surface area contributed by atoms with Crippen LogP contribution in [0, 0.1) is 17.5 Å². The van der Waals surface area contributed by atoms with Crippen molar-refractivity contribution in [1.29, 1.82) is 0 Å². The molecule has 4 aromatic carbocycles. The first-order valence-corrected chi connectivity index (χ1v) is 12.7. The van der Waals surface area contributed by atoms with Crippen molar-refractivity contribution in [3.8, 4) is 5.75 Å². The van der Waals surface area contributed by atoms with E-state index in [2.05, 4.69) is 10.1 Å². The minimum absolute atomic E-state index is 0.210. The maximum absolute atomic E-state index is 15.0. The van der Waals surface area contributed by atoms with Gasteiger partial charge in [-0.1, -0.05) is 36.4 Å². The lowest BCUT2D eigenvalue weighted by Gasteiger charge is -2.37. The Morgan fingerprint density at radius 1 is 0.841 bits per heavy atom. The number of hydrogen-bond donors (Lipinski definition) is 2. The smallest absolute Gasteiger partial charge is 0.461 e. The van der Waals surface area contributed by atoms with Crippen molar-refractivity contribution in [2.24, 2.45) is 0 Å². The highest BCUT2D eigenvalue weighted by Gasteiger charge is 2.45. The lowest BCUT2D eigenvalue weighted by atomic mass is 9.77. The molecule has 230 valence electrons. The summed E-state index contributed by atoms with van der Waals surface area (Å²) in [5.41, 5.74) is -4.06.